The van der Waals surface area contributed by atoms with Crippen LogP contribution in [0.1, 0.15) is 13.3 Å². The number of benzene rings is 1. The maximum absolute atomic E-state index is 10.5. The average molecular weight is 254 g/mol. The van der Waals surface area contributed by atoms with E-state index in [9.17, 15) is 15.2 Å². The van der Waals surface area contributed by atoms with Gasteiger partial charge in [0.1, 0.15) is 0 Å². The van der Waals surface area contributed by atoms with Crippen molar-refractivity contribution >= 4 is 11.4 Å². The van der Waals surface area contributed by atoms with E-state index < -0.39 is 10.5 Å². The number of nitrogens with one attached hydrogen (secondary N) is 1. The van der Waals surface area contributed by atoms with Crippen molar-refractivity contribution < 1.29 is 14.8 Å². The first-order valence-corrected chi connectivity index (χ1v) is 5.64. The lowest BCUT2D eigenvalue weighted by Gasteiger charge is -2.23. The van der Waals surface area contributed by atoms with Crippen molar-refractivity contribution in [3.05, 3.63) is 34.4 Å². The van der Waals surface area contributed by atoms with Crippen LogP contribution in [0.4, 0.5) is 11.4 Å². The summed E-state index contributed by atoms with van der Waals surface area (Å²) in [4.78, 5) is 10.0. The molecule has 6 heteroatoms. The fourth-order valence-electron chi connectivity index (χ4n) is 1.40. The van der Waals surface area contributed by atoms with Gasteiger partial charge in [-0.15, -0.1) is 0 Å². The summed E-state index contributed by atoms with van der Waals surface area (Å²) < 4.78 is 4.91. The van der Waals surface area contributed by atoms with E-state index in [0.29, 0.717) is 19.6 Å². The van der Waals surface area contributed by atoms with Crippen molar-refractivity contribution in [2.45, 2.75) is 18.9 Å². The molecule has 0 bridgehead atoms. The highest BCUT2D eigenvalue weighted by Crippen LogP contribution is 2.17. The molecule has 0 spiro atoms. The average Bonchev–Trinajstić information content (AvgIpc) is 2.35. The molecule has 18 heavy (non-hydrogen) atoms. The number of nitro groups is 1. The highest BCUT2D eigenvalue weighted by atomic mass is 16.6. The smallest absolute Gasteiger partial charge is 0.269 e. The van der Waals surface area contributed by atoms with Crippen LogP contribution < -0.4 is 5.32 Å². The molecular weight excluding hydrogens is 236 g/mol. The summed E-state index contributed by atoms with van der Waals surface area (Å²) in [5.74, 6) is 0. The highest BCUT2D eigenvalue weighted by Gasteiger charge is 2.19. The molecule has 0 aliphatic rings. The molecule has 2 N–H and O–H groups in total. The molecule has 0 aliphatic carbocycles. The quantitative estimate of drug-likeness (QED) is 0.572. The number of aliphatic hydroxyl groups is 1. The van der Waals surface area contributed by atoms with Gasteiger partial charge in [0.15, 0.2) is 0 Å². The zero-order valence-electron chi connectivity index (χ0n) is 10.5. The standard InChI is InChI=1S/C12H18N2O4/c1-12(15,7-8-18-2)9-13-10-3-5-11(6-4-10)14(16)17/h3-6,13,15H,7-9H2,1-2H3. The third-order valence-electron chi connectivity index (χ3n) is 2.60. The number of methoxy groups -OCH3 is 1. The molecule has 0 amide bonds. The number of rotatable bonds is 7. The summed E-state index contributed by atoms with van der Waals surface area (Å²) in [6.45, 7) is 2.55. The highest BCUT2D eigenvalue weighted by molar-refractivity contribution is 5.48. The number of anilines is 1. The SMILES string of the molecule is COCCC(C)(O)CNc1ccc([N+](=O)[O-])cc1. The largest absolute Gasteiger partial charge is 0.388 e. The minimum absolute atomic E-state index is 0.0479. The number of hydrogen-bond donors (Lipinski definition) is 2. The van der Waals surface area contributed by atoms with Gasteiger partial charge in [-0.1, -0.05) is 0 Å². The summed E-state index contributed by atoms with van der Waals surface area (Å²) >= 11 is 0. The van der Waals surface area contributed by atoms with E-state index in [0.717, 1.165) is 5.69 Å². The number of non-ortho nitro benzene ring substituents is 1. The summed E-state index contributed by atoms with van der Waals surface area (Å²) in [6.07, 6.45) is 0.517. The summed E-state index contributed by atoms with van der Waals surface area (Å²) in [7, 11) is 1.58. The fourth-order valence-corrected chi connectivity index (χ4v) is 1.40. The second kappa shape index (κ2) is 6.32. The van der Waals surface area contributed by atoms with Crippen LogP contribution >= 0.6 is 0 Å². The lowest BCUT2D eigenvalue weighted by atomic mass is 10.0. The molecule has 0 saturated carbocycles. The van der Waals surface area contributed by atoms with Crippen LogP contribution in [0.5, 0.6) is 0 Å². The van der Waals surface area contributed by atoms with Gasteiger partial charge in [-0.05, 0) is 19.1 Å². The number of hydrogen-bond acceptors (Lipinski definition) is 5. The van der Waals surface area contributed by atoms with Gasteiger partial charge in [-0.2, -0.15) is 0 Å². The predicted molar refractivity (Wildman–Crippen MR) is 68.7 cm³/mol. The molecule has 1 aromatic rings. The first kappa shape index (κ1) is 14.4. The Morgan fingerprint density at radius 2 is 2.06 bits per heavy atom. The first-order valence-electron chi connectivity index (χ1n) is 5.64. The Hall–Kier alpha value is -1.66. The van der Waals surface area contributed by atoms with Crippen LogP contribution in [0, 0.1) is 10.1 Å². The zero-order valence-corrected chi connectivity index (χ0v) is 10.5. The lowest BCUT2D eigenvalue weighted by Crippen LogP contribution is -2.34. The van der Waals surface area contributed by atoms with Crippen LogP contribution in [0.2, 0.25) is 0 Å². The van der Waals surface area contributed by atoms with Crippen molar-refractivity contribution in [3.63, 3.8) is 0 Å². The molecule has 0 aliphatic heterocycles. The number of nitro benzene ring substituents is 1. The van der Waals surface area contributed by atoms with Gasteiger partial charge in [0.05, 0.1) is 10.5 Å². The molecule has 6 nitrogen and oxygen atoms in total. The van der Waals surface area contributed by atoms with Gasteiger partial charge in [-0.25, -0.2) is 0 Å². The molecule has 1 atom stereocenters. The maximum Gasteiger partial charge on any atom is 0.269 e. The number of nitrogens with zero attached hydrogens (tertiary/aromatic N) is 1. The van der Waals surface area contributed by atoms with Crippen LogP contribution in [0.3, 0.4) is 0 Å². The third-order valence-corrected chi connectivity index (χ3v) is 2.60. The van der Waals surface area contributed by atoms with Crippen molar-refractivity contribution in [2.75, 3.05) is 25.6 Å². The topological polar surface area (TPSA) is 84.6 Å². The first-order chi connectivity index (χ1) is 8.44. The van der Waals surface area contributed by atoms with E-state index in [1.54, 1.807) is 26.2 Å². The van der Waals surface area contributed by atoms with Gasteiger partial charge >= 0.3 is 0 Å². The van der Waals surface area contributed by atoms with E-state index >= 15 is 0 Å². The van der Waals surface area contributed by atoms with Crippen LogP contribution in [-0.2, 0) is 4.74 Å². The normalized spacial score (nSPS) is 13.9. The summed E-state index contributed by atoms with van der Waals surface area (Å²) in [6, 6.07) is 6.08. The molecule has 0 saturated heterocycles. The Labute approximate surface area is 106 Å². The molecule has 1 aromatic carbocycles. The van der Waals surface area contributed by atoms with Gasteiger partial charge < -0.3 is 15.2 Å². The van der Waals surface area contributed by atoms with Gasteiger partial charge in [0, 0.05) is 44.5 Å². The Balaban J connectivity index is 2.50. The Bertz CT molecular complexity index is 390. The van der Waals surface area contributed by atoms with Crippen molar-refractivity contribution in [3.8, 4) is 0 Å². The molecule has 1 rings (SSSR count). The predicted octanol–water partition coefficient (Wildman–Crippen LogP) is 1.79. The Morgan fingerprint density at radius 1 is 1.44 bits per heavy atom. The molecular formula is C12H18N2O4. The zero-order chi connectivity index (χ0) is 13.6. The molecule has 1 unspecified atom stereocenters. The second-order valence-electron chi connectivity index (χ2n) is 4.40. The maximum atomic E-state index is 10.5. The summed E-state index contributed by atoms with van der Waals surface area (Å²) in [5.41, 5.74) is -0.0948. The summed E-state index contributed by atoms with van der Waals surface area (Å²) in [5, 5.41) is 23.5. The molecule has 100 valence electrons. The van der Waals surface area contributed by atoms with Crippen molar-refractivity contribution in [2.24, 2.45) is 0 Å². The van der Waals surface area contributed by atoms with Gasteiger partial charge in [-0.3, -0.25) is 10.1 Å². The number of ether oxygens (including phenoxy) is 1. The van der Waals surface area contributed by atoms with E-state index in [4.69, 9.17) is 4.74 Å². The fraction of sp³-hybridized carbons (Fsp3) is 0.500. The van der Waals surface area contributed by atoms with Crippen molar-refractivity contribution in [1.82, 2.24) is 0 Å². The Morgan fingerprint density at radius 3 is 2.56 bits per heavy atom. The van der Waals surface area contributed by atoms with E-state index in [2.05, 4.69) is 5.32 Å². The monoisotopic (exact) mass is 254 g/mol. The van der Waals surface area contributed by atoms with E-state index in [-0.39, 0.29) is 5.69 Å². The minimum atomic E-state index is -0.877. The van der Waals surface area contributed by atoms with Crippen LogP contribution in [0.15, 0.2) is 24.3 Å². The lowest BCUT2D eigenvalue weighted by molar-refractivity contribution is -0.384. The molecule has 0 radical (unpaired) electrons. The Kier molecular flexibility index (Phi) is 5.06. The van der Waals surface area contributed by atoms with E-state index in [1.165, 1.54) is 12.1 Å². The second-order valence-corrected chi connectivity index (χ2v) is 4.40. The molecule has 0 heterocycles. The van der Waals surface area contributed by atoms with Gasteiger partial charge in [0.2, 0.25) is 0 Å². The van der Waals surface area contributed by atoms with Crippen LogP contribution in [0.25, 0.3) is 0 Å². The van der Waals surface area contributed by atoms with Crippen molar-refractivity contribution in [1.29, 1.82) is 0 Å². The van der Waals surface area contributed by atoms with Gasteiger partial charge in [0.25, 0.3) is 5.69 Å². The molecule has 0 aromatic heterocycles. The van der Waals surface area contributed by atoms with E-state index in [1.807, 2.05) is 0 Å². The third kappa shape index (κ3) is 4.68. The van der Waals surface area contributed by atoms with Crippen LogP contribution in [-0.4, -0.2) is 35.9 Å². The minimum Gasteiger partial charge on any atom is -0.388 e. The molecule has 0 fully saturated rings.